The third-order valence-corrected chi connectivity index (χ3v) is 3.24. The second-order valence-electron chi connectivity index (χ2n) is 3.88. The summed E-state index contributed by atoms with van der Waals surface area (Å²) in [6.45, 7) is 4.43. The molecule has 0 aliphatic carbocycles. The molecule has 0 saturated carbocycles. The van der Waals surface area contributed by atoms with Crippen molar-refractivity contribution >= 4 is 15.9 Å². The van der Waals surface area contributed by atoms with E-state index in [-0.39, 0.29) is 5.92 Å². The van der Waals surface area contributed by atoms with Crippen LogP contribution in [0.3, 0.4) is 0 Å². The van der Waals surface area contributed by atoms with Crippen LogP contribution in [-0.2, 0) is 0 Å². The van der Waals surface area contributed by atoms with Gasteiger partial charge in [-0.1, -0.05) is 5.16 Å². The highest BCUT2D eigenvalue weighted by molar-refractivity contribution is 9.10. The number of furan rings is 1. The average Bonchev–Trinajstić information content (AvgIpc) is 2.83. The van der Waals surface area contributed by atoms with Gasteiger partial charge in [-0.2, -0.15) is 0 Å². The Morgan fingerprint density at radius 2 is 2.25 bits per heavy atom. The lowest BCUT2D eigenvalue weighted by atomic mass is 9.97. The summed E-state index contributed by atoms with van der Waals surface area (Å²) in [4.78, 5) is 0. The molecule has 5 heteroatoms. The predicted octanol–water partition coefficient (Wildman–Crippen LogP) is 3.17. The Morgan fingerprint density at radius 1 is 1.44 bits per heavy atom. The molecule has 0 spiro atoms. The van der Waals surface area contributed by atoms with Gasteiger partial charge in [-0.15, -0.1) is 0 Å². The molecule has 0 amide bonds. The maximum Gasteiger partial charge on any atom is 0.173 e. The summed E-state index contributed by atoms with van der Waals surface area (Å²) in [5, 5.41) is 3.96. The highest BCUT2D eigenvalue weighted by Crippen LogP contribution is 2.43. The van der Waals surface area contributed by atoms with Crippen molar-refractivity contribution in [1.29, 1.82) is 0 Å². The van der Waals surface area contributed by atoms with E-state index in [4.69, 9.17) is 13.7 Å². The Bertz CT molecular complexity index is 524. The SMILES string of the molecule is Cc1noc(C)c1C1COc2cc(Br)oc21. The fraction of sp³-hybridized carbons (Fsp3) is 0.364. The van der Waals surface area contributed by atoms with Crippen LogP contribution in [0.2, 0.25) is 0 Å². The van der Waals surface area contributed by atoms with Crippen molar-refractivity contribution in [2.24, 2.45) is 0 Å². The maximum atomic E-state index is 5.59. The van der Waals surface area contributed by atoms with Gasteiger partial charge in [0.25, 0.3) is 0 Å². The largest absolute Gasteiger partial charge is 0.489 e. The smallest absolute Gasteiger partial charge is 0.173 e. The molecule has 1 atom stereocenters. The molecule has 2 aromatic heterocycles. The highest BCUT2D eigenvalue weighted by atomic mass is 79.9. The van der Waals surface area contributed by atoms with Gasteiger partial charge >= 0.3 is 0 Å². The van der Waals surface area contributed by atoms with Crippen molar-refractivity contribution in [2.45, 2.75) is 19.8 Å². The van der Waals surface area contributed by atoms with Crippen LogP contribution in [0, 0.1) is 13.8 Å². The second-order valence-corrected chi connectivity index (χ2v) is 4.66. The lowest BCUT2D eigenvalue weighted by molar-refractivity contribution is 0.336. The highest BCUT2D eigenvalue weighted by Gasteiger charge is 2.34. The van der Waals surface area contributed by atoms with Gasteiger partial charge in [0.15, 0.2) is 16.2 Å². The molecule has 0 bridgehead atoms. The van der Waals surface area contributed by atoms with Gasteiger partial charge in [0.2, 0.25) is 0 Å². The van der Waals surface area contributed by atoms with Crippen LogP contribution in [0.15, 0.2) is 19.7 Å². The standard InChI is InChI=1S/C11H10BrNO3/c1-5-10(6(2)16-13-5)7-4-14-8-3-9(12)15-11(7)8/h3,7H,4H2,1-2H3. The van der Waals surface area contributed by atoms with E-state index < -0.39 is 0 Å². The quantitative estimate of drug-likeness (QED) is 0.807. The zero-order valence-electron chi connectivity index (χ0n) is 8.91. The summed E-state index contributed by atoms with van der Waals surface area (Å²) >= 11 is 3.30. The summed E-state index contributed by atoms with van der Waals surface area (Å²) in [5.74, 6) is 2.57. The van der Waals surface area contributed by atoms with Crippen molar-refractivity contribution in [3.63, 3.8) is 0 Å². The lowest BCUT2D eigenvalue weighted by Gasteiger charge is -2.05. The second kappa shape index (κ2) is 3.38. The number of nitrogens with zero attached hydrogens (tertiary/aromatic N) is 1. The van der Waals surface area contributed by atoms with Crippen LogP contribution in [-0.4, -0.2) is 11.8 Å². The Kier molecular flexibility index (Phi) is 2.10. The first-order valence-corrected chi connectivity index (χ1v) is 5.81. The van der Waals surface area contributed by atoms with Crippen molar-refractivity contribution in [2.75, 3.05) is 6.61 Å². The Balaban J connectivity index is 2.10. The maximum absolute atomic E-state index is 5.59. The van der Waals surface area contributed by atoms with Crippen molar-refractivity contribution < 1.29 is 13.7 Å². The number of halogens is 1. The first kappa shape index (κ1) is 9.96. The molecule has 84 valence electrons. The number of fused-ring (bicyclic) bond motifs is 1. The molecule has 0 fully saturated rings. The monoisotopic (exact) mass is 283 g/mol. The number of ether oxygens (including phenoxy) is 1. The van der Waals surface area contributed by atoms with Crippen LogP contribution in [0.5, 0.6) is 5.75 Å². The van der Waals surface area contributed by atoms with E-state index in [1.807, 2.05) is 19.9 Å². The first-order chi connectivity index (χ1) is 7.66. The summed E-state index contributed by atoms with van der Waals surface area (Å²) < 4.78 is 17.0. The molecule has 0 aromatic carbocycles. The molecule has 4 nitrogen and oxygen atoms in total. The van der Waals surface area contributed by atoms with E-state index in [1.165, 1.54) is 0 Å². The molecule has 0 saturated heterocycles. The molecule has 3 rings (SSSR count). The van der Waals surface area contributed by atoms with Gasteiger partial charge in [0, 0.05) is 11.6 Å². The Hall–Kier alpha value is -1.23. The van der Waals surface area contributed by atoms with E-state index in [0.29, 0.717) is 11.3 Å². The summed E-state index contributed by atoms with van der Waals surface area (Å²) in [7, 11) is 0. The topological polar surface area (TPSA) is 48.4 Å². The average molecular weight is 284 g/mol. The zero-order chi connectivity index (χ0) is 11.3. The third kappa shape index (κ3) is 1.31. The fourth-order valence-electron chi connectivity index (χ4n) is 2.17. The van der Waals surface area contributed by atoms with Gasteiger partial charge in [-0.05, 0) is 29.8 Å². The number of aryl methyl sites for hydroxylation is 2. The fourth-order valence-corrected chi connectivity index (χ4v) is 2.55. The summed E-state index contributed by atoms with van der Waals surface area (Å²) in [6.07, 6.45) is 0. The molecule has 1 aliphatic rings. The van der Waals surface area contributed by atoms with Crippen molar-refractivity contribution in [3.05, 3.63) is 33.5 Å². The molecule has 0 N–H and O–H groups in total. The lowest BCUT2D eigenvalue weighted by Crippen LogP contribution is -2.04. The molecule has 2 aromatic rings. The summed E-state index contributed by atoms with van der Waals surface area (Å²) in [6, 6.07) is 1.84. The molecule has 1 aliphatic heterocycles. The minimum absolute atomic E-state index is 0.0903. The van der Waals surface area contributed by atoms with Gasteiger partial charge in [0.05, 0.1) is 11.6 Å². The van der Waals surface area contributed by atoms with Crippen molar-refractivity contribution in [1.82, 2.24) is 5.16 Å². The molecule has 16 heavy (non-hydrogen) atoms. The van der Waals surface area contributed by atoms with Crippen LogP contribution in [0.25, 0.3) is 0 Å². The Labute approximate surface area is 101 Å². The number of rotatable bonds is 1. The van der Waals surface area contributed by atoms with E-state index >= 15 is 0 Å². The van der Waals surface area contributed by atoms with E-state index in [2.05, 4.69) is 21.1 Å². The van der Waals surface area contributed by atoms with Gasteiger partial charge < -0.3 is 13.7 Å². The first-order valence-electron chi connectivity index (χ1n) is 5.01. The van der Waals surface area contributed by atoms with Crippen LogP contribution < -0.4 is 4.74 Å². The van der Waals surface area contributed by atoms with Crippen molar-refractivity contribution in [3.8, 4) is 5.75 Å². The Morgan fingerprint density at radius 3 is 2.94 bits per heavy atom. The van der Waals surface area contributed by atoms with E-state index in [9.17, 15) is 0 Å². The number of hydrogen-bond donors (Lipinski definition) is 0. The molecular formula is C11H10BrNO3. The summed E-state index contributed by atoms with van der Waals surface area (Å²) in [5.41, 5.74) is 1.96. The van der Waals surface area contributed by atoms with E-state index in [1.54, 1.807) is 0 Å². The van der Waals surface area contributed by atoms with Gasteiger partial charge in [-0.25, -0.2) is 0 Å². The normalized spacial score (nSPS) is 18.6. The zero-order valence-corrected chi connectivity index (χ0v) is 10.5. The van der Waals surface area contributed by atoms with Gasteiger partial charge in [-0.3, -0.25) is 0 Å². The van der Waals surface area contributed by atoms with Gasteiger partial charge in [0.1, 0.15) is 12.4 Å². The molecule has 3 heterocycles. The van der Waals surface area contributed by atoms with Crippen LogP contribution >= 0.6 is 15.9 Å². The van der Waals surface area contributed by atoms with Crippen LogP contribution in [0.1, 0.15) is 28.7 Å². The van der Waals surface area contributed by atoms with E-state index in [0.717, 1.165) is 28.5 Å². The minimum Gasteiger partial charge on any atom is -0.489 e. The third-order valence-electron chi connectivity index (χ3n) is 2.85. The molecular weight excluding hydrogens is 274 g/mol. The predicted molar refractivity (Wildman–Crippen MR) is 59.7 cm³/mol. The number of aromatic nitrogens is 1. The molecule has 0 radical (unpaired) electrons. The minimum atomic E-state index is 0.0903. The number of hydrogen-bond acceptors (Lipinski definition) is 4. The molecule has 1 unspecified atom stereocenters. The van der Waals surface area contributed by atoms with Crippen LogP contribution in [0.4, 0.5) is 0 Å².